The first-order chi connectivity index (χ1) is 15.2. The van der Waals surface area contributed by atoms with Gasteiger partial charge in [-0.2, -0.15) is 0 Å². The summed E-state index contributed by atoms with van der Waals surface area (Å²) >= 11 is 0. The summed E-state index contributed by atoms with van der Waals surface area (Å²) in [6.07, 6.45) is 3.12. The summed E-state index contributed by atoms with van der Waals surface area (Å²) < 4.78 is 24.1. The van der Waals surface area contributed by atoms with Crippen molar-refractivity contribution in [2.75, 3.05) is 0 Å². The van der Waals surface area contributed by atoms with Crippen molar-refractivity contribution in [1.82, 2.24) is 20.4 Å². The minimum absolute atomic E-state index is 0.244. The van der Waals surface area contributed by atoms with Gasteiger partial charge >= 0.3 is 0 Å². The highest BCUT2D eigenvalue weighted by atomic mass is 19.1. The fourth-order valence-corrected chi connectivity index (χ4v) is 3.15. The molecule has 0 aliphatic rings. The molecule has 3 heterocycles. The van der Waals surface area contributed by atoms with Crippen molar-refractivity contribution in [3.8, 4) is 22.8 Å². The van der Waals surface area contributed by atoms with Crippen molar-refractivity contribution < 1.29 is 18.1 Å². The highest BCUT2D eigenvalue weighted by Crippen LogP contribution is 2.30. The Bertz CT molecular complexity index is 1360. The molecule has 3 aromatic heterocycles. The average Bonchev–Trinajstić information content (AvgIpc) is 3.45. The minimum Gasteiger partial charge on any atom is -0.444 e. The molecule has 0 aliphatic carbocycles. The zero-order chi connectivity index (χ0) is 21.2. The summed E-state index contributed by atoms with van der Waals surface area (Å²) in [6.45, 7) is 0.318. The van der Waals surface area contributed by atoms with E-state index in [9.17, 15) is 9.18 Å². The monoisotopic (exact) mass is 414 g/mol. The Morgan fingerprint density at radius 1 is 1.06 bits per heavy atom. The van der Waals surface area contributed by atoms with E-state index < -0.39 is 0 Å². The highest BCUT2D eigenvalue weighted by molar-refractivity contribution is 6.00. The molecule has 5 rings (SSSR count). The molecule has 1 N–H and O–H groups in total. The summed E-state index contributed by atoms with van der Waals surface area (Å²) in [5.41, 5.74) is 3.27. The molecule has 152 valence electrons. The maximum atomic E-state index is 13.2. The number of halogens is 1. The number of benzene rings is 2. The second kappa shape index (κ2) is 7.83. The van der Waals surface area contributed by atoms with Gasteiger partial charge in [-0.3, -0.25) is 9.78 Å². The van der Waals surface area contributed by atoms with Crippen LogP contribution in [0, 0.1) is 5.82 Å². The van der Waals surface area contributed by atoms with Crippen LogP contribution < -0.4 is 5.32 Å². The van der Waals surface area contributed by atoms with Gasteiger partial charge < -0.3 is 14.3 Å². The standard InChI is InChI=1S/C23H15FN4O3/c24-16-7-4-14(5-8-16)23-27-19(13-30-23)21-18-11-15(6-9-20(18)31-28-21)22(29)26-12-17-3-1-2-10-25-17/h1-11,13H,12H2,(H,26,29). The lowest BCUT2D eigenvalue weighted by molar-refractivity contribution is 0.0950. The fraction of sp³-hybridized carbons (Fsp3) is 0.0435. The number of fused-ring (bicyclic) bond motifs is 1. The maximum Gasteiger partial charge on any atom is 0.251 e. The third kappa shape index (κ3) is 3.78. The molecule has 0 atom stereocenters. The number of oxazole rings is 1. The Balaban J connectivity index is 1.41. The molecule has 0 bridgehead atoms. The lowest BCUT2D eigenvalue weighted by atomic mass is 10.1. The van der Waals surface area contributed by atoms with Crippen LogP contribution in [0.4, 0.5) is 4.39 Å². The van der Waals surface area contributed by atoms with Crippen molar-refractivity contribution in [2.45, 2.75) is 6.54 Å². The van der Waals surface area contributed by atoms with Gasteiger partial charge in [0.2, 0.25) is 5.89 Å². The predicted octanol–water partition coefficient (Wildman–Crippen LogP) is 4.61. The quantitative estimate of drug-likeness (QED) is 0.451. The molecular weight excluding hydrogens is 399 g/mol. The van der Waals surface area contributed by atoms with Crippen LogP contribution in [0.25, 0.3) is 33.8 Å². The number of hydrogen-bond donors (Lipinski definition) is 1. The normalized spacial score (nSPS) is 11.0. The second-order valence-corrected chi connectivity index (χ2v) is 6.79. The Labute approximate surface area is 175 Å². The summed E-state index contributed by atoms with van der Waals surface area (Å²) in [5, 5.41) is 7.55. The van der Waals surface area contributed by atoms with Gasteiger partial charge in [-0.05, 0) is 54.6 Å². The molecule has 0 unspecified atom stereocenters. The molecule has 0 saturated heterocycles. The van der Waals surface area contributed by atoms with Crippen LogP contribution in [0.15, 0.2) is 82.1 Å². The molecule has 31 heavy (non-hydrogen) atoms. The Morgan fingerprint density at radius 2 is 1.94 bits per heavy atom. The Kier molecular flexibility index (Phi) is 4.72. The fourth-order valence-electron chi connectivity index (χ4n) is 3.15. The van der Waals surface area contributed by atoms with Gasteiger partial charge in [0.25, 0.3) is 5.91 Å². The summed E-state index contributed by atoms with van der Waals surface area (Å²) in [5.74, 6) is -0.255. The van der Waals surface area contributed by atoms with Crippen LogP contribution in [0.5, 0.6) is 0 Å². The topological polar surface area (TPSA) is 94.1 Å². The van der Waals surface area contributed by atoms with E-state index in [2.05, 4.69) is 20.4 Å². The number of rotatable bonds is 5. The SMILES string of the molecule is O=C(NCc1ccccn1)c1ccc2onc(-c3coc(-c4ccc(F)cc4)n3)c2c1. The lowest BCUT2D eigenvalue weighted by Gasteiger charge is -2.04. The molecule has 5 aromatic rings. The number of hydrogen-bond acceptors (Lipinski definition) is 6. The number of nitrogens with zero attached hydrogens (tertiary/aromatic N) is 3. The molecule has 2 aromatic carbocycles. The van der Waals surface area contributed by atoms with Crippen LogP contribution in [0.1, 0.15) is 16.1 Å². The molecule has 7 nitrogen and oxygen atoms in total. The average molecular weight is 414 g/mol. The van der Waals surface area contributed by atoms with Crippen LogP contribution in [0.3, 0.4) is 0 Å². The van der Waals surface area contributed by atoms with Gasteiger partial charge in [0.05, 0.1) is 17.6 Å². The maximum absolute atomic E-state index is 13.2. The van der Waals surface area contributed by atoms with Gasteiger partial charge in [-0.25, -0.2) is 9.37 Å². The van der Waals surface area contributed by atoms with Crippen molar-refractivity contribution >= 4 is 16.9 Å². The first kappa shape index (κ1) is 18.7. The first-order valence-electron chi connectivity index (χ1n) is 9.47. The van der Waals surface area contributed by atoms with E-state index in [1.807, 2.05) is 18.2 Å². The van der Waals surface area contributed by atoms with Crippen LogP contribution >= 0.6 is 0 Å². The van der Waals surface area contributed by atoms with Gasteiger partial charge in [-0.15, -0.1) is 0 Å². The summed E-state index contributed by atoms with van der Waals surface area (Å²) in [7, 11) is 0. The largest absolute Gasteiger partial charge is 0.444 e. The van der Waals surface area contributed by atoms with Crippen molar-refractivity contribution in [3.63, 3.8) is 0 Å². The number of nitrogens with one attached hydrogen (secondary N) is 1. The summed E-state index contributed by atoms with van der Waals surface area (Å²) in [6, 6.07) is 16.4. The zero-order valence-corrected chi connectivity index (χ0v) is 16.1. The number of carbonyl (C=O) groups excluding carboxylic acids is 1. The number of carbonyl (C=O) groups is 1. The van der Waals surface area contributed by atoms with E-state index in [4.69, 9.17) is 8.94 Å². The first-order valence-corrected chi connectivity index (χ1v) is 9.47. The summed E-state index contributed by atoms with van der Waals surface area (Å²) in [4.78, 5) is 21.2. The lowest BCUT2D eigenvalue weighted by Crippen LogP contribution is -2.23. The van der Waals surface area contributed by atoms with E-state index in [0.29, 0.717) is 45.9 Å². The predicted molar refractivity (Wildman–Crippen MR) is 110 cm³/mol. The third-order valence-electron chi connectivity index (χ3n) is 4.73. The van der Waals surface area contributed by atoms with Gasteiger partial charge in [0.1, 0.15) is 23.5 Å². The second-order valence-electron chi connectivity index (χ2n) is 6.79. The molecule has 0 aliphatic heterocycles. The number of amides is 1. The molecule has 1 amide bonds. The molecule has 0 fully saturated rings. The van der Waals surface area contributed by atoms with E-state index in [-0.39, 0.29) is 11.7 Å². The van der Waals surface area contributed by atoms with Crippen molar-refractivity contribution in [1.29, 1.82) is 0 Å². The van der Waals surface area contributed by atoms with E-state index in [1.165, 1.54) is 18.4 Å². The van der Waals surface area contributed by atoms with Crippen LogP contribution in [-0.2, 0) is 6.54 Å². The van der Waals surface area contributed by atoms with E-state index in [1.54, 1.807) is 36.5 Å². The van der Waals surface area contributed by atoms with Crippen molar-refractivity contribution in [2.24, 2.45) is 0 Å². The zero-order valence-electron chi connectivity index (χ0n) is 16.1. The molecule has 0 radical (unpaired) electrons. The minimum atomic E-state index is -0.341. The molecular formula is C23H15FN4O3. The van der Waals surface area contributed by atoms with Crippen LogP contribution in [-0.4, -0.2) is 21.0 Å². The Morgan fingerprint density at radius 3 is 2.74 bits per heavy atom. The van der Waals surface area contributed by atoms with Gasteiger partial charge in [0, 0.05) is 17.3 Å². The number of aromatic nitrogens is 3. The van der Waals surface area contributed by atoms with Crippen LogP contribution in [0.2, 0.25) is 0 Å². The van der Waals surface area contributed by atoms with Gasteiger partial charge in [0.15, 0.2) is 5.58 Å². The van der Waals surface area contributed by atoms with Crippen molar-refractivity contribution in [3.05, 3.63) is 90.2 Å². The molecule has 0 spiro atoms. The smallest absolute Gasteiger partial charge is 0.251 e. The molecule has 8 heteroatoms. The molecule has 0 saturated carbocycles. The highest BCUT2D eigenvalue weighted by Gasteiger charge is 2.17. The van der Waals surface area contributed by atoms with E-state index in [0.717, 1.165) is 5.69 Å². The third-order valence-corrected chi connectivity index (χ3v) is 4.73. The van der Waals surface area contributed by atoms with E-state index >= 15 is 0 Å². The van der Waals surface area contributed by atoms with Gasteiger partial charge in [-0.1, -0.05) is 11.2 Å². The Hall–Kier alpha value is -4.33. The number of pyridine rings is 1.